The summed E-state index contributed by atoms with van der Waals surface area (Å²) in [6, 6.07) is 13.5. The van der Waals surface area contributed by atoms with E-state index in [0.717, 1.165) is 30.8 Å². The lowest BCUT2D eigenvalue weighted by atomic mass is 10.1. The van der Waals surface area contributed by atoms with E-state index in [1.807, 2.05) is 23.1 Å². The summed E-state index contributed by atoms with van der Waals surface area (Å²) in [4.78, 5) is 17.2. The molecule has 2 aliphatic rings. The van der Waals surface area contributed by atoms with Gasteiger partial charge in [0.1, 0.15) is 5.75 Å². The van der Waals surface area contributed by atoms with Crippen molar-refractivity contribution < 1.29 is 9.53 Å². The van der Waals surface area contributed by atoms with E-state index in [9.17, 15) is 4.79 Å². The Kier molecular flexibility index (Phi) is 4.17. The zero-order chi connectivity index (χ0) is 17.4. The summed E-state index contributed by atoms with van der Waals surface area (Å²) in [5, 5.41) is 3.50. The molecular weight excluding hydrogens is 338 g/mol. The first-order valence-corrected chi connectivity index (χ1v) is 8.83. The number of anilines is 3. The summed E-state index contributed by atoms with van der Waals surface area (Å²) in [7, 11) is 1.57. The van der Waals surface area contributed by atoms with Crippen molar-refractivity contribution in [3.05, 3.63) is 47.5 Å². The van der Waals surface area contributed by atoms with E-state index < -0.39 is 0 Å². The van der Waals surface area contributed by atoms with Gasteiger partial charge in [-0.3, -0.25) is 4.90 Å². The number of carbonyl (C=O) groups is 1. The summed E-state index contributed by atoms with van der Waals surface area (Å²) < 4.78 is 5.33. The second-order valence-corrected chi connectivity index (χ2v) is 6.80. The lowest BCUT2D eigenvalue weighted by Gasteiger charge is -2.40. The molecule has 1 saturated heterocycles. The third-order valence-electron chi connectivity index (χ3n) is 4.90. The molecule has 2 aromatic rings. The Morgan fingerprint density at radius 3 is 2.84 bits per heavy atom. The fourth-order valence-electron chi connectivity index (χ4n) is 3.74. The molecule has 4 rings (SSSR count). The zero-order valence-corrected chi connectivity index (χ0v) is 14.8. The van der Waals surface area contributed by atoms with Crippen LogP contribution >= 0.6 is 11.6 Å². The maximum absolute atomic E-state index is 13.0. The average molecular weight is 358 g/mol. The number of fused-ring (bicyclic) bond motifs is 3. The topological polar surface area (TPSA) is 44.8 Å². The predicted octanol–water partition coefficient (Wildman–Crippen LogP) is 4.37. The van der Waals surface area contributed by atoms with Crippen molar-refractivity contribution in [2.45, 2.75) is 18.9 Å². The summed E-state index contributed by atoms with van der Waals surface area (Å²) in [6.45, 7) is 1.74. The van der Waals surface area contributed by atoms with Crippen molar-refractivity contribution >= 4 is 34.7 Å². The molecule has 5 nitrogen and oxygen atoms in total. The molecule has 0 spiro atoms. The number of hydrogen-bond acceptors (Lipinski definition) is 3. The molecule has 25 heavy (non-hydrogen) atoms. The molecule has 0 aliphatic carbocycles. The molecule has 2 amide bonds. The Hall–Kier alpha value is -2.40. The minimum atomic E-state index is -0.167. The fourth-order valence-corrected chi connectivity index (χ4v) is 3.91. The molecule has 2 heterocycles. The second-order valence-electron chi connectivity index (χ2n) is 6.36. The highest BCUT2D eigenvalue weighted by Gasteiger charge is 2.36. The highest BCUT2D eigenvalue weighted by atomic mass is 35.5. The summed E-state index contributed by atoms with van der Waals surface area (Å²) in [6.07, 6.45) is 2.27. The van der Waals surface area contributed by atoms with Gasteiger partial charge in [-0.25, -0.2) is 4.79 Å². The lowest BCUT2D eigenvalue weighted by molar-refractivity contribution is 0.256. The maximum Gasteiger partial charge on any atom is 0.326 e. The third-order valence-corrected chi connectivity index (χ3v) is 5.14. The van der Waals surface area contributed by atoms with Crippen molar-refractivity contribution in [2.75, 3.05) is 35.3 Å². The van der Waals surface area contributed by atoms with Crippen LogP contribution in [0.15, 0.2) is 42.5 Å². The standard InChI is InChI=1S/C19H20ClN3O2/c1-25-18-9-8-13(20)11-15(18)21-19(24)23-12-14-5-4-10-22(14)16-6-2-3-7-17(16)23/h2-3,6-9,11,14H,4-5,10,12H2,1H3,(H,21,24). The maximum atomic E-state index is 13.0. The van der Waals surface area contributed by atoms with Gasteiger partial charge >= 0.3 is 6.03 Å². The van der Waals surface area contributed by atoms with Crippen LogP contribution in [0.2, 0.25) is 5.02 Å². The monoisotopic (exact) mass is 357 g/mol. The number of ether oxygens (including phenoxy) is 1. The van der Waals surface area contributed by atoms with Crippen LogP contribution in [0.3, 0.4) is 0 Å². The van der Waals surface area contributed by atoms with Crippen molar-refractivity contribution in [1.29, 1.82) is 0 Å². The highest BCUT2D eigenvalue weighted by Crippen LogP contribution is 2.39. The smallest absolute Gasteiger partial charge is 0.326 e. The Bertz CT molecular complexity index is 811. The van der Waals surface area contributed by atoms with Gasteiger partial charge in [-0.1, -0.05) is 23.7 Å². The largest absolute Gasteiger partial charge is 0.495 e. The fraction of sp³-hybridized carbons (Fsp3) is 0.316. The van der Waals surface area contributed by atoms with Crippen LogP contribution in [-0.4, -0.2) is 32.3 Å². The number of nitrogens with one attached hydrogen (secondary N) is 1. The minimum absolute atomic E-state index is 0.167. The number of urea groups is 1. The van der Waals surface area contributed by atoms with E-state index in [1.165, 1.54) is 0 Å². The van der Waals surface area contributed by atoms with Gasteiger partial charge in [0.15, 0.2) is 0 Å². The average Bonchev–Trinajstić information content (AvgIpc) is 3.10. The molecule has 2 aliphatic heterocycles. The molecule has 1 fully saturated rings. The van der Waals surface area contributed by atoms with Crippen molar-refractivity contribution in [1.82, 2.24) is 0 Å². The first-order chi connectivity index (χ1) is 12.2. The molecule has 1 unspecified atom stereocenters. The summed E-state index contributed by atoms with van der Waals surface area (Å²) in [5.74, 6) is 0.588. The van der Waals surface area contributed by atoms with E-state index in [-0.39, 0.29) is 6.03 Å². The first-order valence-electron chi connectivity index (χ1n) is 8.45. The van der Waals surface area contributed by atoms with Crippen LogP contribution < -0.4 is 19.9 Å². The number of hydrogen-bond donors (Lipinski definition) is 1. The van der Waals surface area contributed by atoms with Crippen molar-refractivity contribution in [2.24, 2.45) is 0 Å². The number of carbonyl (C=O) groups excluding carboxylic acids is 1. The van der Waals surface area contributed by atoms with Crippen LogP contribution in [0.4, 0.5) is 21.9 Å². The van der Waals surface area contributed by atoms with Crippen LogP contribution in [0.1, 0.15) is 12.8 Å². The normalized spacial score (nSPS) is 18.6. The Morgan fingerprint density at radius 2 is 2.04 bits per heavy atom. The van der Waals surface area contributed by atoms with Gasteiger partial charge < -0.3 is 15.0 Å². The van der Waals surface area contributed by atoms with Gasteiger partial charge in [0, 0.05) is 24.2 Å². The molecular formula is C19H20ClN3O2. The molecule has 0 saturated carbocycles. The minimum Gasteiger partial charge on any atom is -0.495 e. The molecule has 0 bridgehead atoms. The van der Waals surface area contributed by atoms with Crippen LogP contribution in [0.5, 0.6) is 5.75 Å². The number of para-hydroxylation sites is 2. The zero-order valence-electron chi connectivity index (χ0n) is 14.0. The van der Waals surface area contributed by atoms with Crippen LogP contribution in [0.25, 0.3) is 0 Å². The van der Waals surface area contributed by atoms with Crippen LogP contribution in [0, 0.1) is 0 Å². The van der Waals surface area contributed by atoms with Crippen molar-refractivity contribution in [3.8, 4) is 5.75 Å². The van der Waals surface area contributed by atoms with Crippen molar-refractivity contribution in [3.63, 3.8) is 0 Å². The van der Waals surface area contributed by atoms with E-state index >= 15 is 0 Å². The highest BCUT2D eigenvalue weighted by molar-refractivity contribution is 6.31. The first kappa shape index (κ1) is 16.1. The number of nitrogens with zero attached hydrogens (tertiary/aromatic N) is 2. The van der Waals surface area contributed by atoms with Gasteiger partial charge in [-0.05, 0) is 43.2 Å². The number of methoxy groups -OCH3 is 1. The van der Waals surface area contributed by atoms with Crippen LogP contribution in [-0.2, 0) is 0 Å². The van der Waals surface area contributed by atoms with E-state index in [0.29, 0.717) is 29.0 Å². The Balaban J connectivity index is 1.65. The third kappa shape index (κ3) is 2.89. The van der Waals surface area contributed by atoms with Gasteiger partial charge in [-0.15, -0.1) is 0 Å². The number of benzene rings is 2. The Labute approximate surface area is 152 Å². The quantitative estimate of drug-likeness (QED) is 0.868. The molecule has 6 heteroatoms. The molecule has 1 N–H and O–H groups in total. The van der Waals surface area contributed by atoms with E-state index in [2.05, 4.69) is 16.3 Å². The molecule has 2 aromatic carbocycles. The lowest BCUT2D eigenvalue weighted by Crippen LogP contribution is -2.49. The van der Waals surface area contributed by atoms with E-state index in [4.69, 9.17) is 16.3 Å². The number of halogens is 1. The molecule has 1 atom stereocenters. The number of rotatable bonds is 2. The van der Waals surface area contributed by atoms with Gasteiger partial charge in [0.05, 0.1) is 24.2 Å². The predicted molar refractivity (Wildman–Crippen MR) is 101 cm³/mol. The SMILES string of the molecule is COc1ccc(Cl)cc1NC(=O)N1CC2CCCN2c2ccccc21. The molecule has 0 radical (unpaired) electrons. The summed E-state index contributed by atoms with van der Waals surface area (Å²) >= 11 is 6.07. The number of amides is 2. The van der Waals surface area contributed by atoms with Gasteiger partial charge in [-0.2, -0.15) is 0 Å². The van der Waals surface area contributed by atoms with Gasteiger partial charge in [0.2, 0.25) is 0 Å². The molecule has 0 aromatic heterocycles. The van der Waals surface area contributed by atoms with Gasteiger partial charge in [0.25, 0.3) is 0 Å². The molecule has 130 valence electrons. The summed E-state index contributed by atoms with van der Waals surface area (Å²) in [5.41, 5.74) is 2.65. The second kappa shape index (κ2) is 6.48. The van der Waals surface area contributed by atoms with E-state index in [1.54, 1.807) is 25.3 Å². The Morgan fingerprint density at radius 1 is 1.24 bits per heavy atom.